The van der Waals surface area contributed by atoms with Gasteiger partial charge in [-0.15, -0.1) is 5.10 Å². The van der Waals surface area contributed by atoms with Gasteiger partial charge in [0.1, 0.15) is 5.75 Å². The van der Waals surface area contributed by atoms with Crippen LogP contribution in [0.3, 0.4) is 0 Å². The minimum atomic E-state index is 0.550. The number of benzene rings is 2. The molecule has 2 aromatic heterocycles. The van der Waals surface area contributed by atoms with Gasteiger partial charge in [0.2, 0.25) is 4.77 Å². The zero-order valence-corrected chi connectivity index (χ0v) is 20.6. The Balaban J connectivity index is 1.48. The summed E-state index contributed by atoms with van der Waals surface area (Å²) in [4.78, 5) is 4.70. The summed E-state index contributed by atoms with van der Waals surface area (Å²) in [6, 6.07) is 17.8. The third-order valence-electron chi connectivity index (χ3n) is 6.14. The molecule has 0 bridgehead atoms. The van der Waals surface area contributed by atoms with E-state index in [4.69, 9.17) is 27.2 Å². The molecule has 1 fully saturated rings. The first-order valence-corrected chi connectivity index (χ1v) is 11.9. The lowest BCUT2D eigenvalue weighted by Crippen LogP contribution is -2.45. The third-order valence-corrected chi connectivity index (χ3v) is 6.52. The van der Waals surface area contributed by atoms with E-state index < -0.39 is 0 Å². The van der Waals surface area contributed by atoms with E-state index in [0.717, 1.165) is 54.3 Å². The number of hydrogen-bond donors (Lipinski definition) is 1. The fourth-order valence-electron chi connectivity index (χ4n) is 4.04. The zero-order chi connectivity index (χ0) is 24.2. The first kappa shape index (κ1) is 23.2. The van der Waals surface area contributed by atoms with E-state index in [9.17, 15) is 0 Å². The lowest BCUT2D eigenvalue weighted by atomic mass is 10.1. The van der Waals surface area contributed by atoms with Gasteiger partial charge in [-0.1, -0.05) is 30.3 Å². The van der Waals surface area contributed by atoms with Gasteiger partial charge in [-0.3, -0.25) is 10.00 Å². The highest BCUT2D eigenvalue weighted by Crippen LogP contribution is 2.23. The highest BCUT2D eigenvalue weighted by molar-refractivity contribution is 7.71. The predicted molar refractivity (Wildman–Crippen MR) is 139 cm³/mol. The Bertz CT molecular complexity index is 1350. The summed E-state index contributed by atoms with van der Waals surface area (Å²) in [5, 5.41) is 16.9. The van der Waals surface area contributed by atoms with Crippen molar-refractivity contribution in [2.75, 3.05) is 40.3 Å². The van der Waals surface area contributed by atoms with E-state index in [1.807, 2.05) is 59.3 Å². The fourth-order valence-corrected chi connectivity index (χ4v) is 4.28. The van der Waals surface area contributed by atoms with Crippen LogP contribution < -0.4 is 4.74 Å². The largest absolute Gasteiger partial charge is 0.497 e. The summed E-state index contributed by atoms with van der Waals surface area (Å²) in [7, 11) is 3.80. The zero-order valence-electron chi connectivity index (χ0n) is 19.8. The Labute approximate surface area is 209 Å². The molecule has 1 saturated heterocycles. The Hall–Kier alpha value is -3.60. The smallest absolute Gasteiger partial charge is 0.220 e. The maximum Gasteiger partial charge on any atom is 0.220 e. The highest BCUT2D eigenvalue weighted by atomic mass is 32.1. The lowest BCUT2D eigenvalue weighted by molar-refractivity contribution is 0.119. The number of ether oxygens (including phenoxy) is 1. The molecule has 0 amide bonds. The van der Waals surface area contributed by atoms with Crippen LogP contribution in [0.4, 0.5) is 0 Å². The molecule has 0 saturated carbocycles. The molecule has 0 radical (unpaired) electrons. The molecule has 9 nitrogen and oxygen atoms in total. The molecule has 0 atom stereocenters. The van der Waals surface area contributed by atoms with E-state index in [1.54, 1.807) is 24.2 Å². The third kappa shape index (κ3) is 5.09. The lowest BCUT2D eigenvalue weighted by Gasteiger charge is -2.31. The van der Waals surface area contributed by atoms with Gasteiger partial charge in [0.05, 0.1) is 31.9 Å². The van der Waals surface area contributed by atoms with Crippen LogP contribution >= 0.6 is 12.2 Å². The van der Waals surface area contributed by atoms with Crippen molar-refractivity contribution in [3.8, 4) is 28.4 Å². The molecular weight excluding hydrogens is 460 g/mol. The molecule has 1 aliphatic rings. The van der Waals surface area contributed by atoms with Gasteiger partial charge >= 0.3 is 0 Å². The Morgan fingerprint density at radius 2 is 1.77 bits per heavy atom. The van der Waals surface area contributed by atoms with Crippen molar-refractivity contribution in [1.82, 2.24) is 34.5 Å². The monoisotopic (exact) mass is 488 g/mol. The van der Waals surface area contributed by atoms with Crippen LogP contribution in [0.2, 0.25) is 0 Å². The number of nitrogens with zero attached hydrogens (tertiary/aromatic N) is 7. The van der Waals surface area contributed by atoms with Crippen molar-refractivity contribution < 1.29 is 4.74 Å². The summed E-state index contributed by atoms with van der Waals surface area (Å²) < 4.78 is 9.41. The molecule has 0 aliphatic carbocycles. The second kappa shape index (κ2) is 10.3. The molecule has 1 N–H and O–H groups in total. The number of H-pyrrole nitrogens is 1. The molecule has 35 heavy (non-hydrogen) atoms. The number of aromatic amines is 1. The van der Waals surface area contributed by atoms with Crippen molar-refractivity contribution >= 4 is 18.4 Å². The SMILES string of the molecule is COc1ccc(-c2[nH]ncc2/C=N/n2c(-c3ccccc3)nn(CN3CCN(C)CC3)c2=S)cc1. The summed E-state index contributed by atoms with van der Waals surface area (Å²) in [5.74, 6) is 1.51. The minimum Gasteiger partial charge on any atom is -0.497 e. The molecule has 5 rings (SSSR count). The molecule has 0 unspecified atom stereocenters. The Morgan fingerprint density at radius 3 is 2.49 bits per heavy atom. The first-order valence-electron chi connectivity index (χ1n) is 11.5. The van der Waals surface area contributed by atoms with Crippen molar-refractivity contribution in [2.24, 2.45) is 5.10 Å². The molecule has 0 spiro atoms. The molecule has 1 aliphatic heterocycles. The topological polar surface area (TPSA) is 79.5 Å². The second-order valence-electron chi connectivity index (χ2n) is 8.52. The van der Waals surface area contributed by atoms with Crippen molar-refractivity contribution in [3.05, 3.63) is 71.1 Å². The molecule has 2 aromatic carbocycles. The Morgan fingerprint density at radius 1 is 1.03 bits per heavy atom. The van der Waals surface area contributed by atoms with Gasteiger partial charge in [-0.05, 0) is 43.5 Å². The minimum absolute atomic E-state index is 0.550. The number of piperazine rings is 1. The highest BCUT2D eigenvalue weighted by Gasteiger charge is 2.18. The van der Waals surface area contributed by atoms with Crippen LogP contribution in [0.15, 0.2) is 65.9 Å². The van der Waals surface area contributed by atoms with Gasteiger partial charge < -0.3 is 9.64 Å². The molecule has 10 heteroatoms. The van der Waals surface area contributed by atoms with E-state index in [0.29, 0.717) is 17.3 Å². The maximum absolute atomic E-state index is 5.83. The van der Waals surface area contributed by atoms with Gasteiger partial charge in [-0.2, -0.15) is 14.9 Å². The maximum atomic E-state index is 5.83. The molecule has 180 valence electrons. The van der Waals surface area contributed by atoms with Gasteiger partial charge in [0, 0.05) is 42.9 Å². The molecular formula is C25H28N8OS. The normalized spacial score (nSPS) is 15.1. The van der Waals surface area contributed by atoms with Crippen LogP contribution in [0, 0.1) is 4.77 Å². The average Bonchev–Trinajstić information content (AvgIpc) is 3.49. The van der Waals surface area contributed by atoms with Crippen LogP contribution in [0.5, 0.6) is 5.75 Å². The summed E-state index contributed by atoms with van der Waals surface area (Å²) in [6.45, 7) is 4.67. The quantitative estimate of drug-likeness (QED) is 0.317. The number of aromatic nitrogens is 5. The first-order chi connectivity index (χ1) is 17.1. The molecule has 4 aromatic rings. The Kier molecular flexibility index (Phi) is 6.84. The van der Waals surface area contributed by atoms with E-state index >= 15 is 0 Å². The summed E-state index contributed by atoms with van der Waals surface area (Å²) in [5.41, 5.74) is 3.66. The number of hydrogen-bond acceptors (Lipinski definition) is 7. The van der Waals surface area contributed by atoms with E-state index in [-0.39, 0.29) is 0 Å². The summed E-state index contributed by atoms with van der Waals surface area (Å²) in [6.07, 6.45) is 3.52. The predicted octanol–water partition coefficient (Wildman–Crippen LogP) is 3.57. The van der Waals surface area contributed by atoms with E-state index in [1.165, 1.54) is 0 Å². The van der Waals surface area contributed by atoms with Crippen LogP contribution in [-0.2, 0) is 6.67 Å². The van der Waals surface area contributed by atoms with Crippen LogP contribution in [-0.4, -0.2) is 81.0 Å². The van der Waals surface area contributed by atoms with Gasteiger partial charge in [0.25, 0.3) is 0 Å². The number of nitrogens with one attached hydrogen (secondary N) is 1. The number of methoxy groups -OCH3 is 1. The molecule has 3 heterocycles. The standard InChI is InChI=1S/C25H28N8OS/c1-30-12-14-31(15-13-30)18-32-25(35)33(24(29-32)20-6-4-3-5-7-20)27-17-21-16-26-28-23(21)19-8-10-22(34-2)11-9-19/h3-11,16-17H,12-15,18H2,1-2H3,(H,26,28)/b27-17+. The van der Waals surface area contributed by atoms with Gasteiger partial charge in [0.15, 0.2) is 5.82 Å². The van der Waals surface area contributed by atoms with Crippen molar-refractivity contribution in [3.63, 3.8) is 0 Å². The summed E-state index contributed by atoms with van der Waals surface area (Å²) >= 11 is 5.83. The number of likely N-dealkylation sites (N-methyl/N-ethyl adjacent to an activating group) is 1. The second-order valence-corrected chi connectivity index (χ2v) is 8.88. The van der Waals surface area contributed by atoms with Crippen LogP contribution in [0.1, 0.15) is 5.56 Å². The van der Waals surface area contributed by atoms with Crippen molar-refractivity contribution in [2.45, 2.75) is 6.67 Å². The number of rotatable bonds is 7. The van der Waals surface area contributed by atoms with Gasteiger partial charge in [-0.25, -0.2) is 4.68 Å². The average molecular weight is 489 g/mol. The van der Waals surface area contributed by atoms with Crippen LogP contribution in [0.25, 0.3) is 22.6 Å². The van der Waals surface area contributed by atoms with Crippen molar-refractivity contribution in [1.29, 1.82) is 0 Å². The van der Waals surface area contributed by atoms with E-state index in [2.05, 4.69) is 27.0 Å². The fraction of sp³-hybridized carbons (Fsp3) is 0.280.